The summed E-state index contributed by atoms with van der Waals surface area (Å²) in [5.41, 5.74) is 1.23. The number of carbonyl (C=O) groups is 1. The molecule has 0 amide bonds. The van der Waals surface area contributed by atoms with Crippen LogP contribution in [0.25, 0.3) is 0 Å². The first kappa shape index (κ1) is 19.8. The van der Waals surface area contributed by atoms with Gasteiger partial charge in [-0.2, -0.15) is 5.26 Å². The number of benzene rings is 2. The van der Waals surface area contributed by atoms with Crippen molar-refractivity contribution in [3.63, 3.8) is 0 Å². The van der Waals surface area contributed by atoms with Gasteiger partial charge in [-0.15, -0.1) is 0 Å². The molecule has 0 saturated heterocycles. The Kier molecular flexibility index (Phi) is 7.22. The summed E-state index contributed by atoms with van der Waals surface area (Å²) in [5.74, 6) is -0.804. The topological polar surface area (TPSA) is 93.2 Å². The molecule has 6 nitrogen and oxygen atoms in total. The van der Waals surface area contributed by atoms with Crippen molar-refractivity contribution >= 4 is 11.5 Å². The Balaban J connectivity index is 0.000000257. The smallest absolute Gasteiger partial charge is 0.269 e. The lowest BCUT2D eigenvalue weighted by atomic mass is 10.1. The van der Waals surface area contributed by atoms with Crippen LogP contribution in [0.4, 0.5) is 10.1 Å². The number of halogens is 1. The number of carbonyl (C=O) groups excluding carboxylic acids is 1. The predicted molar refractivity (Wildman–Crippen MR) is 90.1 cm³/mol. The van der Waals surface area contributed by atoms with E-state index in [2.05, 4.69) is 0 Å². The zero-order valence-electron chi connectivity index (χ0n) is 14.1. The van der Waals surface area contributed by atoms with Crippen molar-refractivity contribution in [2.45, 2.75) is 20.3 Å². The van der Waals surface area contributed by atoms with Crippen LogP contribution in [0.5, 0.6) is 5.75 Å². The number of Topliss-reactive ketones (excluding diaryl/α,β-unsaturated/α-hetero) is 1. The van der Waals surface area contributed by atoms with E-state index in [4.69, 9.17) is 10.00 Å². The fourth-order valence-corrected chi connectivity index (χ4v) is 1.97. The van der Waals surface area contributed by atoms with Gasteiger partial charge in [0, 0.05) is 18.2 Å². The lowest BCUT2D eigenvalue weighted by Gasteiger charge is -2.06. The van der Waals surface area contributed by atoms with E-state index >= 15 is 0 Å². The maximum Gasteiger partial charge on any atom is 0.269 e. The first-order chi connectivity index (χ1) is 11.8. The predicted octanol–water partition coefficient (Wildman–Crippen LogP) is 4.07. The number of non-ortho nitro benzene ring substituents is 1. The van der Waals surface area contributed by atoms with Crippen molar-refractivity contribution in [1.29, 1.82) is 5.26 Å². The first-order valence-corrected chi connectivity index (χ1v) is 7.35. The van der Waals surface area contributed by atoms with E-state index < -0.39 is 5.82 Å². The Labute approximate surface area is 144 Å². The van der Waals surface area contributed by atoms with Crippen molar-refractivity contribution in [2.75, 3.05) is 7.11 Å². The SMILES string of the molecule is CCc1cccc([N+](=O)[O-])c1.COc1cc(F)c(C#N)cc1C(C)=O. The summed E-state index contributed by atoms with van der Waals surface area (Å²) < 4.78 is 17.9. The molecule has 0 aliphatic carbocycles. The minimum atomic E-state index is -0.686. The number of methoxy groups -OCH3 is 1. The Hall–Kier alpha value is -3.27. The van der Waals surface area contributed by atoms with Gasteiger partial charge in [0.1, 0.15) is 17.6 Å². The summed E-state index contributed by atoms with van der Waals surface area (Å²) in [6, 6.07) is 10.6. The molecule has 0 bridgehead atoms. The molecule has 0 unspecified atom stereocenters. The monoisotopic (exact) mass is 344 g/mol. The van der Waals surface area contributed by atoms with Crippen molar-refractivity contribution in [3.8, 4) is 11.8 Å². The molecule has 0 N–H and O–H groups in total. The summed E-state index contributed by atoms with van der Waals surface area (Å²) >= 11 is 0. The van der Waals surface area contributed by atoms with Crippen LogP contribution < -0.4 is 4.74 Å². The summed E-state index contributed by atoms with van der Waals surface area (Å²) in [7, 11) is 1.34. The van der Waals surface area contributed by atoms with Gasteiger partial charge in [0.25, 0.3) is 5.69 Å². The van der Waals surface area contributed by atoms with Crippen LogP contribution in [0.1, 0.15) is 35.3 Å². The number of nitro groups is 1. The molecule has 0 fully saturated rings. The number of ketones is 1. The van der Waals surface area contributed by atoms with Crippen LogP contribution >= 0.6 is 0 Å². The third-order valence-corrected chi connectivity index (χ3v) is 3.32. The molecule has 2 aromatic rings. The molecule has 0 spiro atoms. The maximum absolute atomic E-state index is 13.1. The van der Waals surface area contributed by atoms with Crippen LogP contribution in [0.3, 0.4) is 0 Å². The minimum absolute atomic E-state index is 0.147. The molecule has 0 aliphatic rings. The largest absolute Gasteiger partial charge is 0.496 e. The van der Waals surface area contributed by atoms with Gasteiger partial charge in [0.2, 0.25) is 0 Å². The van der Waals surface area contributed by atoms with E-state index in [1.165, 1.54) is 26.2 Å². The van der Waals surface area contributed by atoms with Gasteiger partial charge >= 0.3 is 0 Å². The second-order valence-corrected chi connectivity index (χ2v) is 4.98. The molecule has 130 valence electrons. The van der Waals surface area contributed by atoms with Crippen LogP contribution in [0.15, 0.2) is 36.4 Å². The highest BCUT2D eigenvalue weighted by atomic mass is 19.1. The zero-order chi connectivity index (χ0) is 19.0. The standard InChI is InChI=1S/C10H8FNO2.C8H9NO2/c1-6(13)8-3-7(5-12)9(11)4-10(8)14-2;1-2-7-4-3-5-8(6-7)9(10)11/h3-4H,1-2H3;3-6H,2H2,1H3. The number of aryl methyl sites for hydroxylation is 1. The summed E-state index contributed by atoms with van der Waals surface area (Å²) in [6.45, 7) is 3.30. The molecule has 0 radical (unpaired) electrons. The van der Waals surface area contributed by atoms with E-state index in [-0.39, 0.29) is 33.3 Å². The average molecular weight is 344 g/mol. The fraction of sp³-hybridized carbons (Fsp3) is 0.222. The molecule has 0 aromatic heterocycles. The van der Waals surface area contributed by atoms with Gasteiger partial charge in [-0.3, -0.25) is 14.9 Å². The van der Waals surface area contributed by atoms with Crippen LogP contribution in [-0.2, 0) is 6.42 Å². The molecule has 0 saturated carbocycles. The highest BCUT2D eigenvalue weighted by Gasteiger charge is 2.13. The second-order valence-electron chi connectivity index (χ2n) is 4.98. The molecule has 2 rings (SSSR count). The Morgan fingerprint density at radius 2 is 2.04 bits per heavy atom. The fourth-order valence-electron chi connectivity index (χ4n) is 1.97. The molecule has 0 aliphatic heterocycles. The number of nitro benzene ring substituents is 1. The molecule has 25 heavy (non-hydrogen) atoms. The quantitative estimate of drug-likeness (QED) is 0.473. The number of hydrogen-bond donors (Lipinski definition) is 0. The minimum Gasteiger partial charge on any atom is -0.496 e. The van der Waals surface area contributed by atoms with Crippen LogP contribution in [-0.4, -0.2) is 17.8 Å². The zero-order valence-corrected chi connectivity index (χ0v) is 14.1. The maximum atomic E-state index is 13.1. The van der Waals surface area contributed by atoms with Crippen LogP contribution in [0, 0.1) is 27.3 Å². The van der Waals surface area contributed by atoms with Gasteiger partial charge in [-0.25, -0.2) is 4.39 Å². The normalized spacial score (nSPS) is 9.40. The highest BCUT2D eigenvalue weighted by Crippen LogP contribution is 2.22. The van der Waals surface area contributed by atoms with Crippen molar-refractivity contribution in [1.82, 2.24) is 0 Å². The second kappa shape index (κ2) is 9.13. The number of rotatable bonds is 4. The number of hydrogen-bond acceptors (Lipinski definition) is 5. The Morgan fingerprint density at radius 1 is 1.36 bits per heavy atom. The highest BCUT2D eigenvalue weighted by molar-refractivity contribution is 5.97. The number of ether oxygens (including phenoxy) is 1. The molecular weight excluding hydrogens is 327 g/mol. The third kappa shape index (κ3) is 5.39. The lowest BCUT2D eigenvalue weighted by molar-refractivity contribution is -0.384. The number of nitriles is 1. The van der Waals surface area contributed by atoms with E-state index in [9.17, 15) is 19.3 Å². The van der Waals surface area contributed by atoms with Crippen LogP contribution in [0.2, 0.25) is 0 Å². The average Bonchev–Trinajstić information content (AvgIpc) is 2.61. The Bertz CT molecular complexity index is 828. The molecular formula is C18H17FN2O4. The van der Waals surface area contributed by atoms with E-state index in [0.717, 1.165) is 18.1 Å². The summed E-state index contributed by atoms with van der Waals surface area (Å²) in [5, 5.41) is 18.8. The van der Waals surface area contributed by atoms with E-state index in [1.807, 2.05) is 13.0 Å². The lowest BCUT2D eigenvalue weighted by Crippen LogP contribution is -2.00. The van der Waals surface area contributed by atoms with Gasteiger partial charge in [-0.1, -0.05) is 19.1 Å². The van der Waals surface area contributed by atoms with E-state index in [1.54, 1.807) is 18.2 Å². The summed E-state index contributed by atoms with van der Waals surface area (Å²) in [4.78, 5) is 21.0. The van der Waals surface area contributed by atoms with Gasteiger partial charge in [-0.05, 0) is 25.0 Å². The molecule has 0 atom stereocenters. The third-order valence-electron chi connectivity index (χ3n) is 3.32. The van der Waals surface area contributed by atoms with Gasteiger partial charge in [0.05, 0.1) is 23.2 Å². The molecule has 7 heteroatoms. The molecule has 2 aromatic carbocycles. The van der Waals surface area contributed by atoms with Crippen molar-refractivity contribution < 1.29 is 18.8 Å². The van der Waals surface area contributed by atoms with E-state index in [0.29, 0.717) is 0 Å². The molecule has 0 heterocycles. The van der Waals surface area contributed by atoms with Gasteiger partial charge < -0.3 is 4.74 Å². The first-order valence-electron chi connectivity index (χ1n) is 7.35. The van der Waals surface area contributed by atoms with Crippen molar-refractivity contribution in [2.24, 2.45) is 0 Å². The Morgan fingerprint density at radius 3 is 2.52 bits per heavy atom. The number of nitrogens with zero attached hydrogens (tertiary/aromatic N) is 2. The summed E-state index contributed by atoms with van der Waals surface area (Å²) in [6.07, 6.45) is 0.835. The van der Waals surface area contributed by atoms with Gasteiger partial charge in [0.15, 0.2) is 5.78 Å². The van der Waals surface area contributed by atoms with Crippen molar-refractivity contribution in [3.05, 3.63) is 69.0 Å².